The van der Waals surface area contributed by atoms with Gasteiger partial charge in [0.1, 0.15) is 15.4 Å². The van der Waals surface area contributed by atoms with E-state index >= 15 is 0 Å². The van der Waals surface area contributed by atoms with Crippen molar-refractivity contribution in [3.05, 3.63) is 76.2 Å². The largest absolute Gasteiger partial charge is 0.505 e. The molecule has 0 saturated heterocycles. The fraction of sp³-hybridized carbons (Fsp3) is 0.160. The van der Waals surface area contributed by atoms with Gasteiger partial charge in [0.15, 0.2) is 0 Å². The number of phenols is 1. The molecule has 2 heterocycles. The second-order valence-electron chi connectivity index (χ2n) is 8.49. The molecule has 0 aliphatic carbocycles. The van der Waals surface area contributed by atoms with Crippen molar-refractivity contribution in [1.82, 2.24) is 9.55 Å². The number of nitrogens with zero attached hydrogens (tertiary/aromatic N) is 2. The number of fused-ring (bicyclic) bond motifs is 3. The van der Waals surface area contributed by atoms with Crippen LogP contribution in [0.3, 0.4) is 0 Å². The zero-order chi connectivity index (χ0) is 21.0. The molecule has 0 aliphatic rings. The number of phenolic OH excluding ortho intramolecular Hbond substituents is 1. The van der Waals surface area contributed by atoms with Crippen molar-refractivity contribution in [2.75, 3.05) is 0 Å². The zero-order valence-electron chi connectivity index (χ0n) is 17.0. The molecule has 2 aromatic heterocycles. The Morgan fingerprint density at radius 1 is 0.933 bits per heavy atom. The van der Waals surface area contributed by atoms with Gasteiger partial charge in [-0.2, -0.15) is 0 Å². The van der Waals surface area contributed by atoms with Gasteiger partial charge >= 0.3 is 0 Å². The Hall–Kier alpha value is -2.63. The second-order valence-corrected chi connectivity index (χ2v) is 10.2. The minimum Gasteiger partial charge on any atom is -0.505 e. The number of hydrogen-bond acceptors (Lipinski definition) is 3. The molecule has 0 amide bonds. The Morgan fingerprint density at radius 2 is 1.53 bits per heavy atom. The molecular formula is C25H21BrN2OS. The van der Waals surface area contributed by atoms with Crippen LogP contribution in [0, 0.1) is 0 Å². The lowest BCUT2D eigenvalue weighted by Crippen LogP contribution is -2.12. The van der Waals surface area contributed by atoms with Crippen LogP contribution in [0.2, 0.25) is 0 Å². The average molecular weight is 477 g/mol. The van der Waals surface area contributed by atoms with Crippen molar-refractivity contribution in [3.63, 3.8) is 0 Å². The van der Waals surface area contributed by atoms with E-state index in [1.807, 2.05) is 17.5 Å². The molecule has 1 N–H and O–H groups in total. The van der Waals surface area contributed by atoms with Gasteiger partial charge in [-0.25, -0.2) is 4.98 Å². The number of benzene rings is 3. The molecule has 0 aliphatic heterocycles. The van der Waals surface area contributed by atoms with E-state index in [9.17, 15) is 5.11 Å². The number of thiazole rings is 1. The normalized spacial score (nSPS) is 12.1. The third kappa shape index (κ3) is 3.04. The predicted octanol–water partition coefficient (Wildman–Crippen LogP) is 7.67. The fourth-order valence-corrected chi connectivity index (χ4v) is 5.22. The zero-order valence-corrected chi connectivity index (χ0v) is 19.4. The van der Waals surface area contributed by atoms with Crippen LogP contribution < -0.4 is 0 Å². The quantitative estimate of drug-likeness (QED) is 0.283. The molecule has 3 aromatic carbocycles. The van der Waals surface area contributed by atoms with E-state index in [0.29, 0.717) is 0 Å². The summed E-state index contributed by atoms with van der Waals surface area (Å²) in [6.45, 7) is 6.57. The fourth-order valence-electron chi connectivity index (χ4n) is 3.95. The maximum absolute atomic E-state index is 11.5. The smallest absolute Gasteiger partial charge is 0.149 e. The van der Waals surface area contributed by atoms with E-state index in [1.165, 1.54) is 22.1 Å². The summed E-state index contributed by atoms with van der Waals surface area (Å²) < 4.78 is 2.95. The topological polar surface area (TPSA) is 38.1 Å². The lowest BCUT2D eigenvalue weighted by Gasteiger charge is -2.23. The highest BCUT2D eigenvalue weighted by molar-refractivity contribution is 9.10. The molecule has 3 nitrogen and oxygen atoms in total. The Balaban J connectivity index is 1.92. The SMILES string of the molecule is CC(C)(C)c1cc(-c2nc(Br)cs2)c(O)c(-n2c3ccccc3c3ccccc32)c1. The molecule has 0 bridgehead atoms. The molecular weight excluding hydrogens is 456 g/mol. The van der Waals surface area contributed by atoms with Gasteiger partial charge in [-0.3, -0.25) is 0 Å². The lowest BCUT2D eigenvalue weighted by atomic mass is 9.85. The van der Waals surface area contributed by atoms with Gasteiger partial charge in [-0.1, -0.05) is 57.2 Å². The van der Waals surface area contributed by atoms with Crippen LogP contribution in [-0.2, 0) is 5.41 Å². The molecule has 150 valence electrons. The summed E-state index contributed by atoms with van der Waals surface area (Å²) in [7, 11) is 0. The molecule has 0 atom stereocenters. The van der Waals surface area contributed by atoms with Crippen molar-refractivity contribution in [2.24, 2.45) is 0 Å². The van der Waals surface area contributed by atoms with Gasteiger partial charge < -0.3 is 9.67 Å². The number of aromatic nitrogens is 2. The number of aromatic hydroxyl groups is 1. The van der Waals surface area contributed by atoms with Crippen LogP contribution in [-0.4, -0.2) is 14.7 Å². The van der Waals surface area contributed by atoms with E-state index < -0.39 is 0 Å². The highest BCUT2D eigenvalue weighted by atomic mass is 79.9. The van der Waals surface area contributed by atoms with E-state index in [2.05, 4.69) is 94.8 Å². The Labute approximate surface area is 187 Å². The van der Waals surface area contributed by atoms with Crippen molar-refractivity contribution < 1.29 is 5.11 Å². The number of hydrogen-bond donors (Lipinski definition) is 1. The average Bonchev–Trinajstić information content (AvgIpc) is 3.29. The summed E-state index contributed by atoms with van der Waals surface area (Å²) in [5, 5.41) is 16.6. The first kappa shape index (κ1) is 19.3. The van der Waals surface area contributed by atoms with Gasteiger partial charge in [0.05, 0.1) is 22.3 Å². The van der Waals surface area contributed by atoms with Gasteiger partial charge in [0.25, 0.3) is 0 Å². The first-order chi connectivity index (χ1) is 14.3. The summed E-state index contributed by atoms with van der Waals surface area (Å²) >= 11 is 4.97. The van der Waals surface area contributed by atoms with Crippen LogP contribution >= 0.6 is 27.3 Å². The monoisotopic (exact) mass is 476 g/mol. The van der Waals surface area contributed by atoms with Crippen LogP contribution in [0.15, 0.2) is 70.6 Å². The minimum absolute atomic E-state index is 0.0789. The van der Waals surface area contributed by atoms with Crippen LogP contribution in [0.1, 0.15) is 26.3 Å². The first-order valence-corrected chi connectivity index (χ1v) is 11.5. The van der Waals surface area contributed by atoms with E-state index in [4.69, 9.17) is 0 Å². The standard InChI is InChI=1S/C25H21BrN2OS/c1-25(2,3)15-12-18(24-27-22(26)14-30-24)23(29)21(13-15)28-19-10-6-4-8-16(19)17-9-5-7-11-20(17)28/h4-14,29H,1-3H3. The van der Waals surface area contributed by atoms with Crippen molar-refractivity contribution in [3.8, 4) is 22.0 Å². The Kier molecular flexibility index (Phi) is 4.49. The van der Waals surface area contributed by atoms with E-state index in [0.717, 1.165) is 37.5 Å². The van der Waals surface area contributed by atoms with Gasteiger partial charge in [0.2, 0.25) is 0 Å². The van der Waals surface area contributed by atoms with Gasteiger partial charge in [-0.15, -0.1) is 11.3 Å². The molecule has 30 heavy (non-hydrogen) atoms. The number of para-hydroxylation sites is 2. The van der Waals surface area contributed by atoms with Crippen LogP contribution in [0.4, 0.5) is 0 Å². The van der Waals surface area contributed by atoms with E-state index in [1.54, 1.807) is 0 Å². The molecule has 0 saturated carbocycles. The molecule has 0 spiro atoms. The first-order valence-electron chi connectivity index (χ1n) is 9.82. The van der Waals surface area contributed by atoms with Gasteiger partial charge in [0, 0.05) is 16.2 Å². The summed E-state index contributed by atoms with van der Waals surface area (Å²) in [6.07, 6.45) is 0. The summed E-state index contributed by atoms with van der Waals surface area (Å²) in [5.74, 6) is 0.247. The molecule has 0 fully saturated rings. The highest BCUT2D eigenvalue weighted by Gasteiger charge is 2.23. The molecule has 0 radical (unpaired) electrons. The lowest BCUT2D eigenvalue weighted by molar-refractivity contribution is 0.474. The third-order valence-corrected chi connectivity index (χ3v) is 7.07. The van der Waals surface area contributed by atoms with E-state index in [-0.39, 0.29) is 11.2 Å². The van der Waals surface area contributed by atoms with Crippen LogP contribution in [0.5, 0.6) is 5.75 Å². The predicted molar refractivity (Wildman–Crippen MR) is 130 cm³/mol. The minimum atomic E-state index is -0.0789. The molecule has 5 aromatic rings. The van der Waals surface area contributed by atoms with Gasteiger partial charge in [-0.05, 0) is 51.2 Å². The molecule has 0 unspecified atom stereocenters. The summed E-state index contributed by atoms with van der Waals surface area (Å²) in [5.41, 5.74) is 4.76. The maximum Gasteiger partial charge on any atom is 0.149 e. The molecule has 5 heteroatoms. The third-order valence-electron chi connectivity index (χ3n) is 5.48. The number of rotatable bonds is 2. The summed E-state index contributed by atoms with van der Waals surface area (Å²) in [6, 6.07) is 20.9. The maximum atomic E-state index is 11.5. The second kappa shape index (κ2) is 6.96. The van der Waals surface area contributed by atoms with Crippen LogP contribution in [0.25, 0.3) is 38.1 Å². The van der Waals surface area contributed by atoms with Crippen molar-refractivity contribution in [2.45, 2.75) is 26.2 Å². The van der Waals surface area contributed by atoms with Crippen molar-refractivity contribution in [1.29, 1.82) is 0 Å². The Morgan fingerprint density at radius 3 is 2.07 bits per heavy atom. The number of halogens is 1. The summed E-state index contributed by atoms with van der Waals surface area (Å²) in [4.78, 5) is 4.58. The Bertz CT molecular complexity index is 1350. The molecule has 5 rings (SSSR count). The van der Waals surface area contributed by atoms with Crippen molar-refractivity contribution >= 4 is 49.1 Å². The highest BCUT2D eigenvalue weighted by Crippen LogP contribution is 2.43.